The van der Waals surface area contributed by atoms with E-state index in [-0.39, 0.29) is 18.0 Å². The number of nitrogens with one attached hydrogen (secondary N) is 3. The van der Waals surface area contributed by atoms with Gasteiger partial charge in [0.1, 0.15) is 23.4 Å². The molecular weight excluding hydrogens is 332 g/mol. The Morgan fingerprint density at radius 1 is 1.35 bits per heavy atom. The van der Waals surface area contributed by atoms with E-state index in [1.807, 2.05) is 42.0 Å². The van der Waals surface area contributed by atoms with E-state index in [2.05, 4.69) is 26.1 Å². The summed E-state index contributed by atoms with van der Waals surface area (Å²) in [5.74, 6) is 2.42. The SMILES string of the molecule is Cc1nccn1-c1cc(CNC(=O)C2CC(c3ccco3)NN2)ccn1. The van der Waals surface area contributed by atoms with Crippen molar-refractivity contribution in [2.45, 2.75) is 32.0 Å². The molecule has 8 heteroatoms. The number of pyridine rings is 1. The molecule has 1 amide bonds. The van der Waals surface area contributed by atoms with Crippen molar-refractivity contribution in [3.05, 3.63) is 66.3 Å². The number of carbonyl (C=O) groups is 1. The van der Waals surface area contributed by atoms with E-state index in [1.165, 1.54) is 0 Å². The Morgan fingerprint density at radius 2 is 2.27 bits per heavy atom. The molecule has 1 aliphatic rings. The van der Waals surface area contributed by atoms with Crippen LogP contribution in [0.1, 0.15) is 29.6 Å². The Bertz CT molecular complexity index is 889. The van der Waals surface area contributed by atoms with Crippen molar-refractivity contribution in [3.8, 4) is 5.82 Å². The molecule has 0 spiro atoms. The van der Waals surface area contributed by atoms with Gasteiger partial charge in [-0.1, -0.05) is 0 Å². The molecule has 4 rings (SSSR count). The third kappa shape index (κ3) is 3.37. The second-order valence-electron chi connectivity index (χ2n) is 6.23. The van der Waals surface area contributed by atoms with Gasteiger partial charge in [0, 0.05) is 25.1 Å². The van der Waals surface area contributed by atoms with Crippen LogP contribution < -0.4 is 16.2 Å². The summed E-state index contributed by atoms with van der Waals surface area (Å²) in [5, 5.41) is 2.97. The first-order valence-electron chi connectivity index (χ1n) is 8.48. The number of hydrazine groups is 1. The van der Waals surface area contributed by atoms with Crippen LogP contribution in [0.4, 0.5) is 0 Å². The highest BCUT2D eigenvalue weighted by Crippen LogP contribution is 2.22. The third-order valence-corrected chi connectivity index (χ3v) is 4.46. The molecule has 0 bridgehead atoms. The summed E-state index contributed by atoms with van der Waals surface area (Å²) >= 11 is 0. The molecule has 1 saturated heterocycles. The van der Waals surface area contributed by atoms with Crippen LogP contribution in [0, 0.1) is 6.92 Å². The van der Waals surface area contributed by atoms with Gasteiger partial charge in [0.2, 0.25) is 5.91 Å². The average Bonchev–Trinajstić information content (AvgIpc) is 3.40. The van der Waals surface area contributed by atoms with Crippen molar-refractivity contribution in [2.75, 3.05) is 0 Å². The van der Waals surface area contributed by atoms with E-state index in [0.29, 0.717) is 13.0 Å². The van der Waals surface area contributed by atoms with Crippen LogP contribution in [-0.4, -0.2) is 26.5 Å². The second kappa shape index (κ2) is 7.11. The summed E-state index contributed by atoms with van der Waals surface area (Å²) in [6.07, 6.45) is 7.60. The first-order chi connectivity index (χ1) is 12.7. The smallest absolute Gasteiger partial charge is 0.238 e. The van der Waals surface area contributed by atoms with Gasteiger partial charge in [0.15, 0.2) is 0 Å². The number of aromatic nitrogens is 3. The number of furan rings is 1. The van der Waals surface area contributed by atoms with E-state index in [0.717, 1.165) is 23.0 Å². The predicted molar refractivity (Wildman–Crippen MR) is 94.1 cm³/mol. The lowest BCUT2D eigenvalue weighted by molar-refractivity contribution is -0.123. The monoisotopic (exact) mass is 352 g/mol. The van der Waals surface area contributed by atoms with Crippen LogP contribution in [0.5, 0.6) is 0 Å². The normalized spacial score (nSPS) is 19.6. The fraction of sp³-hybridized carbons (Fsp3) is 0.278. The van der Waals surface area contributed by atoms with Crippen LogP contribution >= 0.6 is 0 Å². The van der Waals surface area contributed by atoms with Crippen LogP contribution in [0.25, 0.3) is 5.82 Å². The molecular formula is C18H20N6O2. The summed E-state index contributed by atoms with van der Waals surface area (Å²) in [7, 11) is 0. The second-order valence-corrected chi connectivity index (χ2v) is 6.23. The van der Waals surface area contributed by atoms with Gasteiger partial charge in [0.05, 0.1) is 12.3 Å². The zero-order valence-electron chi connectivity index (χ0n) is 14.3. The van der Waals surface area contributed by atoms with Gasteiger partial charge in [-0.25, -0.2) is 20.8 Å². The predicted octanol–water partition coefficient (Wildman–Crippen LogP) is 1.39. The lowest BCUT2D eigenvalue weighted by Crippen LogP contribution is -2.42. The van der Waals surface area contributed by atoms with Crippen molar-refractivity contribution in [1.29, 1.82) is 0 Å². The maximum atomic E-state index is 12.4. The molecule has 1 fully saturated rings. The van der Waals surface area contributed by atoms with Crippen molar-refractivity contribution in [1.82, 2.24) is 30.7 Å². The Balaban J connectivity index is 1.36. The Kier molecular flexibility index (Phi) is 4.51. The largest absolute Gasteiger partial charge is 0.468 e. The van der Waals surface area contributed by atoms with Crippen LogP contribution in [-0.2, 0) is 11.3 Å². The summed E-state index contributed by atoms with van der Waals surface area (Å²) < 4.78 is 7.29. The quantitative estimate of drug-likeness (QED) is 0.642. The zero-order chi connectivity index (χ0) is 17.9. The van der Waals surface area contributed by atoms with Crippen LogP contribution in [0.15, 0.2) is 53.5 Å². The zero-order valence-corrected chi connectivity index (χ0v) is 14.3. The van der Waals surface area contributed by atoms with Crippen molar-refractivity contribution in [2.24, 2.45) is 0 Å². The number of nitrogens with zero attached hydrogens (tertiary/aromatic N) is 3. The first-order valence-corrected chi connectivity index (χ1v) is 8.48. The van der Waals surface area contributed by atoms with E-state index in [1.54, 1.807) is 18.7 Å². The minimum Gasteiger partial charge on any atom is -0.468 e. The highest BCUT2D eigenvalue weighted by molar-refractivity contribution is 5.82. The summed E-state index contributed by atoms with van der Waals surface area (Å²) in [5.41, 5.74) is 7.10. The lowest BCUT2D eigenvalue weighted by atomic mass is 10.1. The molecule has 3 aromatic rings. The molecule has 1 aliphatic heterocycles. The molecule has 4 heterocycles. The minimum atomic E-state index is -0.303. The van der Waals surface area contributed by atoms with Gasteiger partial charge in [-0.15, -0.1) is 0 Å². The molecule has 0 aliphatic carbocycles. The van der Waals surface area contributed by atoms with Crippen molar-refractivity contribution in [3.63, 3.8) is 0 Å². The van der Waals surface area contributed by atoms with Crippen LogP contribution in [0.3, 0.4) is 0 Å². The third-order valence-electron chi connectivity index (χ3n) is 4.46. The number of carbonyl (C=O) groups excluding carboxylic acids is 1. The van der Waals surface area contributed by atoms with E-state index < -0.39 is 0 Å². The summed E-state index contributed by atoms with van der Waals surface area (Å²) in [6.45, 7) is 2.36. The fourth-order valence-electron chi connectivity index (χ4n) is 3.04. The number of hydrogen-bond donors (Lipinski definition) is 3. The van der Waals surface area contributed by atoms with Crippen molar-refractivity contribution >= 4 is 5.91 Å². The Labute approximate surface area is 150 Å². The highest BCUT2D eigenvalue weighted by atomic mass is 16.3. The van der Waals surface area contributed by atoms with Gasteiger partial charge in [0.25, 0.3) is 0 Å². The van der Waals surface area contributed by atoms with Gasteiger partial charge in [-0.2, -0.15) is 0 Å². The number of amides is 1. The number of aryl methyl sites for hydroxylation is 1. The van der Waals surface area contributed by atoms with E-state index in [4.69, 9.17) is 4.42 Å². The standard InChI is InChI=1S/C18H20N6O2/c1-12-19-6-7-24(12)17-9-13(4-5-20-17)11-21-18(25)15-10-14(22-23-15)16-3-2-8-26-16/h2-9,14-15,22-23H,10-11H2,1H3,(H,21,25). The van der Waals surface area contributed by atoms with Gasteiger partial charge >= 0.3 is 0 Å². The molecule has 3 aromatic heterocycles. The number of rotatable bonds is 5. The first kappa shape index (κ1) is 16.5. The molecule has 0 radical (unpaired) electrons. The maximum absolute atomic E-state index is 12.4. The van der Waals surface area contributed by atoms with E-state index >= 15 is 0 Å². The van der Waals surface area contributed by atoms with Crippen molar-refractivity contribution < 1.29 is 9.21 Å². The Hall–Kier alpha value is -2.97. The number of imidazole rings is 1. The molecule has 2 atom stereocenters. The fourth-order valence-corrected chi connectivity index (χ4v) is 3.04. The molecule has 2 unspecified atom stereocenters. The summed E-state index contributed by atoms with van der Waals surface area (Å²) in [6, 6.07) is 7.27. The molecule has 8 nitrogen and oxygen atoms in total. The van der Waals surface area contributed by atoms with Crippen LogP contribution in [0.2, 0.25) is 0 Å². The summed E-state index contributed by atoms with van der Waals surface area (Å²) in [4.78, 5) is 21.0. The molecule has 0 aromatic carbocycles. The van der Waals surface area contributed by atoms with Gasteiger partial charge in [-0.3, -0.25) is 9.36 Å². The molecule has 0 saturated carbocycles. The van der Waals surface area contributed by atoms with E-state index in [9.17, 15) is 4.79 Å². The average molecular weight is 352 g/mol. The molecule has 134 valence electrons. The topological polar surface area (TPSA) is 97.0 Å². The maximum Gasteiger partial charge on any atom is 0.238 e. The molecule has 3 N–H and O–H groups in total. The number of hydrogen-bond acceptors (Lipinski definition) is 6. The lowest BCUT2D eigenvalue weighted by Gasteiger charge is -2.11. The van der Waals surface area contributed by atoms with Gasteiger partial charge in [-0.05, 0) is 43.2 Å². The highest BCUT2D eigenvalue weighted by Gasteiger charge is 2.31. The van der Waals surface area contributed by atoms with Gasteiger partial charge < -0.3 is 9.73 Å². The Morgan fingerprint density at radius 3 is 3.04 bits per heavy atom. The molecule has 26 heavy (non-hydrogen) atoms. The minimum absolute atomic E-state index is 0.00232.